The molecule has 2 saturated heterocycles. The summed E-state index contributed by atoms with van der Waals surface area (Å²) < 4.78 is 55.0. The number of carbonyl (C=O) groups excluding carboxylic acids is 2. The number of anilines is 1. The molecule has 2 aliphatic heterocycles. The number of nitrogens with zero attached hydrogens (tertiary/aromatic N) is 2. The van der Waals surface area contributed by atoms with E-state index in [4.69, 9.17) is 32.7 Å². The molecule has 11 nitrogen and oxygen atoms in total. The Kier molecular flexibility index (Phi) is 12.5. The number of benzene rings is 2. The van der Waals surface area contributed by atoms with Crippen LogP contribution in [0.3, 0.4) is 0 Å². The molecule has 4 atom stereocenters. The molecular formula is C34H40Cl2FN5O6S. The van der Waals surface area contributed by atoms with Crippen LogP contribution in [0.15, 0.2) is 65.8 Å². The third-order valence-electron chi connectivity index (χ3n) is 9.12. The quantitative estimate of drug-likeness (QED) is 0.239. The summed E-state index contributed by atoms with van der Waals surface area (Å²) in [4.78, 5) is 30.9. The minimum absolute atomic E-state index is 0.0395. The number of methoxy groups -OCH3 is 1. The summed E-state index contributed by atoms with van der Waals surface area (Å²) in [5, 5.41) is 9.75. The Morgan fingerprint density at radius 1 is 1.06 bits per heavy atom. The maximum atomic E-state index is 15.5. The van der Waals surface area contributed by atoms with E-state index in [0.717, 1.165) is 11.8 Å². The maximum Gasteiger partial charge on any atom is 0.407 e. The first-order valence-corrected chi connectivity index (χ1v) is 18.3. The molecule has 5 rings (SSSR count). The van der Waals surface area contributed by atoms with Gasteiger partial charge in [-0.05, 0) is 80.5 Å². The monoisotopic (exact) mass is 735 g/mol. The number of halogens is 3. The number of pyridine rings is 1. The first-order chi connectivity index (χ1) is 23.5. The Balaban J connectivity index is 1.42. The predicted octanol–water partition coefficient (Wildman–Crippen LogP) is 5.38. The van der Waals surface area contributed by atoms with E-state index in [0.29, 0.717) is 49.2 Å². The van der Waals surface area contributed by atoms with Gasteiger partial charge in [0.2, 0.25) is 15.9 Å². The number of ether oxygens (including phenoxy) is 2. The van der Waals surface area contributed by atoms with Crippen LogP contribution >= 0.6 is 23.2 Å². The molecule has 3 aromatic rings. The van der Waals surface area contributed by atoms with Crippen molar-refractivity contribution in [3.8, 4) is 0 Å². The number of hydrogen-bond donors (Lipinski definition) is 3. The van der Waals surface area contributed by atoms with Crippen LogP contribution < -0.4 is 16.0 Å². The van der Waals surface area contributed by atoms with Crippen LogP contribution in [0.25, 0.3) is 0 Å². The Hall–Kier alpha value is -3.33. The molecule has 3 heterocycles. The molecule has 2 fully saturated rings. The third kappa shape index (κ3) is 8.89. The van der Waals surface area contributed by atoms with Gasteiger partial charge in [-0.2, -0.15) is 4.31 Å². The number of carbonyl (C=O) groups is 2. The van der Waals surface area contributed by atoms with Crippen molar-refractivity contribution in [1.29, 1.82) is 0 Å². The topological polar surface area (TPSA) is 139 Å². The molecule has 49 heavy (non-hydrogen) atoms. The Labute approximate surface area is 295 Å². The molecule has 0 spiro atoms. The van der Waals surface area contributed by atoms with Gasteiger partial charge in [-0.25, -0.2) is 17.6 Å². The average molecular weight is 737 g/mol. The third-order valence-corrected chi connectivity index (χ3v) is 11.7. The number of piperazine rings is 1. The number of sulfonamides is 1. The van der Waals surface area contributed by atoms with Crippen molar-refractivity contribution in [2.45, 2.75) is 61.5 Å². The molecule has 2 aliphatic rings. The van der Waals surface area contributed by atoms with Gasteiger partial charge >= 0.3 is 6.09 Å². The number of aromatic nitrogens is 1. The number of nitrogens with one attached hydrogen (secondary N) is 3. The molecule has 0 unspecified atom stereocenters. The molecule has 264 valence electrons. The van der Waals surface area contributed by atoms with E-state index < -0.39 is 45.8 Å². The number of alkyl carbamates (subject to hydrolysis) is 1. The summed E-state index contributed by atoms with van der Waals surface area (Å²) in [7, 11) is -2.70. The van der Waals surface area contributed by atoms with Crippen LogP contribution in [0.5, 0.6) is 0 Å². The lowest BCUT2D eigenvalue weighted by atomic mass is 9.76. The highest BCUT2D eigenvalue weighted by atomic mass is 35.5. The Morgan fingerprint density at radius 2 is 1.71 bits per heavy atom. The summed E-state index contributed by atoms with van der Waals surface area (Å²) in [5.41, 5.74) is 1.06. The second-order valence-electron chi connectivity index (χ2n) is 12.3. The average Bonchev–Trinajstić information content (AvgIpc) is 3.09. The molecule has 0 saturated carbocycles. The number of amides is 2. The maximum absolute atomic E-state index is 15.5. The lowest BCUT2D eigenvalue weighted by molar-refractivity contribution is -0.119. The van der Waals surface area contributed by atoms with Crippen molar-refractivity contribution >= 4 is 50.9 Å². The van der Waals surface area contributed by atoms with E-state index in [2.05, 4.69) is 20.9 Å². The second-order valence-corrected chi connectivity index (χ2v) is 15.0. The molecule has 0 aliphatic carbocycles. The minimum atomic E-state index is -3.91. The molecule has 3 N–H and O–H groups in total. The SMILES string of the molecule is COC(=O)N[C@H](C(=O)Nc1cncc(F)c1CC[C@H]1CNC[C@H](C)N1S(=O)(=O)c1ccc(Cl)cc1)[C@@H](c1ccc(Cl)cc1)C1CCOCC1. The second kappa shape index (κ2) is 16.6. The van der Waals surface area contributed by atoms with Crippen LogP contribution in [0, 0.1) is 11.7 Å². The van der Waals surface area contributed by atoms with Crippen molar-refractivity contribution in [3.05, 3.63) is 87.9 Å². The summed E-state index contributed by atoms with van der Waals surface area (Å²) >= 11 is 12.2. The molecule has 2 amide bonds. The zero-order chi connectivity index (χ0) is 35.1. The summed E-state index contributed by atoms with van der Waals surface area (Å²) in [6.45, 7) is 3.61. The van der Waals surface area contributed by atoms with Crippen LogP contribution in [0.2, 0.25) is 10.0 Å². The van der Waals surface area contributed by atoms with E-state index >= 15 is 4.39 Å². The van der Waals surface area contributed by atoms with Gasteiger partial charge in [-0.1, -0.05) is 35.3 Å². The van der Waals surface area contributed by atoms with Crippen molar-refractivity contribution in [1.82, 2.24) is 19.9 Å². The van der Waals surface area contributed by atoms with Crippen LogP contribution in [-0.2, 0) is 30.7 Å². The Bertz CT molecular complexity index is 1710. The minimum Gasteiger partial charge on any atom is -0.453 e. The molecule has 0 bridgehead atoms. The summed E-state index contributed by atoms with van der Waals surface area (Å²) in [5.74, 6) is -1.78. The first kappa shape index (κ1) is 36.9. The van der Waals surface area contributed by atoms with Gasteiger partial charge < -0.3 is 25.4 Å². The smallest absolute Gasteiger partial charge is 0.407 e. The fraction of sp³-hybridized carbons (Fsp3) is 0.441. The zero-order valence-corrected chi connectivity index (χ0v) is 29.5. The van der Waals surface area contributed by atoms with Gasteiger partial charge in [0.15, 0.2) is 0 Å². The lowest BCUT2D eigenvalue weighted by Crippen LogP contribution is -2.58. The van der Waals surface area contributed by atoms with Gasteiger partial charge in [0, 0.05) is 59.9 Å². The van der Waals surface area contributed by atoms with Crippen molar-refractivity contribution in [3.63, 3.8) is 0 Å². The standard InChI is InChI=1S/C34H40Cl2FN5O6S/c1-21-17-38-18-26(42(21)49(45,46)27-10-7-25(36)8-11-27)9-12-28-29(37)19-39-20-30(28)40-33(43)32(41-34(44)47-2)31(23-13-15-48-16-14-23)22-3-5-24(35)6-4-22/h3-8,10-11,19-21,23,26,31-32,38H,9,12-18H2,1-2H3,(H,40,43)(H,41,44)/t21-,26-,31-,32-/m0/s1. The van der Waals surface area contributed by atoms with Crippen LogP contribution in [0.1, 0.15) is 43.2 Å². The largest absolute Gasteiger partial charge is 0.453 e. The molecular weight excluding hydrogens is 696 g/mol. The highest BCUT2D eigenvalue weighted by Crippen LogP contribution is 2.36. The van der Waals surface area contributed by atoms with Crippen molar-refractivity contribution in [2.75, 3.05) is 38.7 Å². The van der Waals surface area contributed by atoms with Crippen LogP contribution in [0.4, 0.5) is 14.9 Å². The lowest BCUT2D eigenvalue weighted by Gasteiger charge is -2.40. The zero-order valence-electron chi connectivity index (χ0n) is 27.2. The van der Waals surface area contributed by atoms with Crippen molar-refractivity contribution < 1.29 is 31.9 Å². The normalized spacial score (nSPS) is 20.3. The van der Waals surface area contributed by atoms with E-state index in [1.807, 2.05) is 19.1 Å². The van der Waals surface area contributed by atoms with Gasteiger partial charge in [-0.15, -0.1) is 0 Å². The van der Waals surface area contributed by atoms with Gasteiger partial charge in [0.1, 0.15) is 11.9 Å². The van der Waals surface area contributed by atoms with Crippen LogP contribution in [-0.4, -0.2) is 81.2 Å². The predicted molar refractivity (Wildman–Crippen MR) is 185 cm³/mol. The van der Waals surface area contributed by atoms with E-state index in [-0.39, 0.29) is 40.9 Å². The molecule has 1 aromatic heterocycles. The molecule has 0 radical (unpaired) electrons. The van der Waals surface area contributed by atoms with Crippen molar-refractivity contribution in [2.24, 2.45) is 5.92 Å². The highest BCUT2D eigenvalue weighted by molar-refractivity contribution is 7.89. The fourth-order valence-electron chi connectivity index (χ4n) is 6.74. The molecule has 15 heteroatoms. The summed E-state index contributed by atoms with van der Waals surface area (Å²) in [6, 6.07) is 11.1. The van der Waals surface area contributed by atoms with Gasteiger partial charge in [0.25, 0.3) is 0 Å². The first-order valence-electron chi connectivity index (χ1n) is 16.1. The highest BCUT2D eigenvalue weighted by Gasteiger charge is 2.40. The van der Waals surface area contributed by atoms with Gasteiger partial charge in [0.05, 0.1) is 30.1 Å². The van der Waals surface area contributed by atoms with Gasteiger partial charge in [-0.3, -0.25) is 9.78 Å². The number of hydrogen-bond acceptors (Lipinski definition) is 8. The summed E-state index contributed by atoms with van der Waals surface area (Å²) in [6.07, 6.45) is 3.23. The molecule has 2 aromatic carbocycles. The van der Waals surface area contributed by atoms with E-state index in [1.54, 1.807) is 12.1 Å². The van der Waals surface area contributed by atoms with E-state index in [1.165, 1.54) is 41.9 Å². The fourth-order valence-corrected chi connectivity index (χ4v) is 8.83. The Morgan fingerprint density at radius 3 is 2.37 bits per heavy atom. The number of rotatable bonds is 11. The van der Waals surface area contributed by atoms with E-state index in [9.17, 15) is 18.0 Å².